The molecule has 0 radical (unpaired) electrons. The van der Waals surface area contributed by atoms with E-state index in [1.807, 2.05) is 44.4 Å². The fourth-order valence-corrected chi connectivity index (χ4v) is 7.62. The summed E-state index contributed by atoms with van der Waals surface area (Å²) in [4.78, 5) is 4.83. The van der Waals surface area contributed by atoms with Crippen molar-refractivity contribution in [1.82, 2.24) is 4.98 Å². The normalized spacial score (nSPS) is 14.4. The van der Waals surface area contributed by atoms with Crippen LogP contribution in [-0.4, -0.2) is 18.3 Å². The van der Waals surface area contributed by atoms with Crippen molar-refractivity contribution in [2.45, 2.75) is 44.4 Å². The minimum absolute atomic E-state index is 0.499. The van der Waals surface area contributed by atoms with Gasteiger partial charge in [0.1, 0.15) is 0 Å². The fraction of sp³-hybridized carbons (Fsp3) is 0.320. The summed E-state index contributed by atoms with van der Waals surface area (Å²) in [6, 6.07) is 17.0. The number of thiophene rings is 1. The zero-order chi connectivity index (χ0) is 21.9. The Morgan fingerprint density at radius 2 is 1.68 bits per heavy atom. The van der Waals surface area contributed by atoms with Crippen LogP contribution in [0.4, 0.5) is 0 Å². The molecule has 28 heavy (non-hydrogen) atoms. The molecule has 1 nitrogen and oxygen atoms in total. The Morgan fingerprint density at radius 3 is 2.39 bits per heavy atom. The molecule has 3 heteroatoms. The summed E-state index contributed by atoms with van der Waals surface area (Å²) in [6.07, 6.45) is 0.530. The monoisotopic (exact) mass is 451 g/mol. The van der Waals surface area contributed by atoms with Crippen LogP contribution in [0.2, 0.25) is 17.3 Å². The van der Waals surface area contributed by atoms with Gasteiger partial charge in [-0.25, -0.2) is 0 Å². The second-order valence-corrected chi connectivity index (χ2v) is 21.2. The Labute approximate surface area is 178 Å². The Balaban J connectivity index is 1.93. The van der Waals surface area contributed by atoms with Gasteiger partial charge in [-0.05, 0) is 0 Å². The standard InChI is InChI=1S/C25H29GeNS/c1-25(2,3)15-18-14-22(27-16-21(18)26(4,5)6)17-11-12-24-20(13-17)19-9-7-8-10-23(19)28-24/h7-14,16H,15H2,1-6H3/i15D2. The van der Waals surface area contributed by atoms with Gasteiger partial charge in [-0.3, -0.25) is 0 Å². The molecule has 2 aromatic carbocycles. The van der Waals surface area contributed by atoms with Gasteiger partial charge in [0, 0.05) is 0 Å². The SMILES string of the molecule is [2H]C([2H])(c1cc(-c2ccc3sc4ccccc4c3c2)nc[c]1[Ge]([CH3])([CH3])[CH3])C(C)(C)C. The van der Waals surface area contributed by atoms with Crippen molar-refractivity contribution in [2.75, 3.05) is 0 Å². The van der Waals surface area contributed by atoms with Crippen LogP contribution < -0.4 is 4.40 Å². The number of fused-ring (bicyclic) bond motifs is 3. The molecule has 0 aliphatic rings. The molecule has 0 saturated carbocycles. The third-order valence-electron chi connectivity index (χ3n) is 4.89. The first kappa shape index (κ1) is 17.2. The first-order chi connectivity index (χ1) is 13.9. The summed E-state index contributed by atoms with van der Waals surface area (Å²) in [5.74, 6) is 6.92. The van der Waals surface area contributed by atoms with Crippen molar-refractivity contribution < 1.29 is 2.74 Å². The second-order valence-electron chi connectivity index (χ2n) is 9.55. The average molecular weight is 450 g/mol. The number of hydrogen-bond donors (Lipinski definition) is 0. The summed E-state index contributed by atoms with van der Waals surface area (Å²) in [5.41, 5.74) is 2.22. The maximum atomic E-state index is 8.98. The molecule has 0 aliphatic carbocycles. The zero-order valence-electron chi connectivity index (χ0n) is 19.6. The molecule has 0 aliphatic heterocycles. The number of hydrogen-bond acceptors (Lipinski definition) is 2. The summed E-state index contributed by atoms with van der Waals surface area (Å²) in [7, 11) is 0. The molecule has 2 heterocycles. The van der Waals surface area contributed by atoms with E-state index in [9.17, 15) is 0 Å². The summed E-state index contributed by atoms with van der Waals surface area (Å²) >= 11 is -0.502. The van der Waals surface area contributed by atoms with Crippen LogP contribution in [-0.2, 0) is 6.37 Å². The Hall–Kier alpha value is -1.65. The number of rotatable bonds is 3. The Bertz CT molecular complexity index is 1250. The first-order valence-corrected chi connectivity index (χ1v) is 18.0. The van der Waals surface area contributed by atoms with E-state index in [1.54, 1.807) is 0 Å². The van der Waals surface area contributed by atoms with Crippen LogP contribution >= 0.6 is 11.3 Å². The van der Waals surface area contributed by atoms with Crippen LogP contribution in [0.25, 0.3) is 31.4 Å². The van der Waals surface area contributed by atoms with Crippen molar-refractivity contribution in [3.05, 3.63) is 60.3 Å². The van der Waals surface area contributed by atoms with Gasteiger partial charge in [0.15, 0.2) is 0 Å². The predicted molar refractivity (Wildman–Crippen MR) is 129 cm³/mol. The first-order valence-electron chi connectivity index (χ1n) is 10.8. The molecule has 4 rings (SSSR count). The average Bonchev–Trinajstić information content (AvgIpc) is 3.04. The van der Waals surface area contributed by atoms with E-state index in [4.69, 9.17) is 7.73 Å². The molecule has 0 N–H and O–H groups in total. The van der Waals surface area contributed by atoms with E-state index in [1.165, 1.54) is 20.2 Å². The quantitative estimate of drug-likeness (QED) is 0.300. The van der Waals surface area contributed by atoms with Crippen LogP contribution in [0.15, 0.2) is 54.7 Å². The molecule has 0 saturated heterocycles. The third kappa shape index (κ3) is 3.90. The second kappa shape index (κ2) is 7.00. The Kier molecular flexibility index (Phi) is 4.31. The topological polar surface area (TPSA) is 12.9 Å². The van der Waals surface area contributed by atoms with Crippen LogP contribution in [0.5, 0.6) is 0 Å². The number of benzene rings is 2. The van der Waals surface area contributed by atoms with Gasteiger partial charge < -0.3 is 0 Å². The molecule has 0 spiro atoms. The number of nitrogens with zero attached hydrogens (tertiary/aromatic N) is 1. The van der Waals surface area contributed by atoms with E-state index in [-0.39, 0.29) is 0 Å². The van der Waals surface area contributed by atoms with Gasteiger partial charge in [0.05, 0.1) is 0 Å². The fourth-order valence-electron chi connectivity index (χ4n) is 3.60. The number of pyridine rings is 1. The zero-order valence-corrected chi connectivity index (χ0v) is 20.5. The van der Waals surface area contributed by atoms with E-state index in [0.29, 0.717) is 0 Å². The van der Waals surface area contributed by atoms with E-state index < -0.39 is 25.1 Å². The molecule has 0 unspecified atom stereocenters. The molecule has 144 valence electrons. The van der Waals surface area contributed by atoms with Crippen molar-refractivity contribution in [1.29, 1.82) is 0 Å². The van der Waals surface area contributed by atoms with Crippen LogP contribution in [0, 0.1) is 5.41 Å². The third-order valence-corrected chi connectivity index (χ3v) is 10.3. The minimum atomic E-state index is -2.31. The molecule has 2 aromatic heterocycles. The number of aromatic nitrogens is 1. The molecule has 0 amide bonds. The maximum absolute atomic E-state index is 8.98. The van der Waals surface area contributed by atoms with E-state index in [0.717, 1.165) is 21.2 Å². The van der Waals surface area contributed by atoms with Gasteiger partial charge in [0.25, 0.3) is 0 Å². The van der Waals surface area contributed by atoms with Crippen LogP contribution in [0.1, 0.15) is 29.1 Å². The van der Waals surface area contributed by atoms with Crippen molar-refractivity contribution in [3.63, 3.8) is 0 Å². The van der Waals surface area contributed by atoms with Gasteiger partial charge in [-0.1, -0.05) is 0 Å². The van der Waals surface area contributed by atoms with Crippen molar-refractivity contribution in [2.24, 2.45) is 5.41 Å². The van der Waals surface area contributed by atoms with Gasteiger partial charge in [0.2, 0.25) is 0 Å². The van der Waals surface area contributed by atoms with Crippen molar-refractivity contribution in [3.8, 4) is 11.3 Å². The van der Waals surface area contributed by atoms with E-state index >= 15 is 0 Å². The summed E-state index contributed by atoms with van der Waals surface area (Å²) < 4.78 is 21.7. The van der Waals surface area contributed by atoms with Gasteiger partial charge in [-0.2, -0.15) is 0 Å². The van der Waals surface area contributed by atoms with Gasteiger partial charge >= 0.3 is 178 Å². The molecular weight excluding hydrogens is 419 g/mol. The molecule has 4 aromatic rings. The molecule has 0 bridgehead atoms. The summed E-state index contributed by atoms with van der Waals surface area (Å²) in [6.45, 7) is 5.95. The van der Waals surface area contributed by atoms with Gasteiger partial charge in [-0.15, -0.1) is 0 Å². The molecular formula is C25H29GeNS. The van der Waals surface area contributed by atoms with E-state index in [2.05, 4.69) is 59.7 Å². The summed E-state index contributed by atoms with van der Waals surface area (Å²) in [5, 5.41) is 2.51. The molecule has 0 atom stereocenters. The van der Waals surface area contributed by atoms with Crippen LogP contribution in [0.3, 0.4) is 0 Å². The molecule has 0 fully saturated rings. The predicted octanol–water partition coefficient (Wildman–Crippen LogP) is 7.25. The Morgan fingerprint density at radius 1 is 0.964 bits per heavy atom. The van der Waals surface area contributed by atoms with Crippen molar-refractivity contribution >= 4 is 49.2 Å².